The first-order valence-electron chi connectivity index (χ1n) is 9.01. The van der Waals surface area contributed by atoms with Crippen LogP contribution in [0.25, 0.3) is 11.1 Å². The number of benzene rings is 3. The van der Waals surface area contributed by atoms with Crippen molar-refractivity contribution in [3.05, 3.63) is 78.4 Å². The van der Waals surface area contributed by atoms with Gasteiger partial charge in [0.2, 0.25) is 0 Å². The molecule has 0 fully saturated rings. The minimum absolute atomic E-state index is 0.190. The zero-order valence-electron chi connectivity index (χ0n) is 16.1. The van der Waals surface area contributed by atoms with Gasteiger partial charge >= 0.3 is 5.97 Å². The maximum Gasteiger partial charge on any atom is 0.338 e. The van der Waals surface area contributed by atoms with Crippen molar-refractivity contribution in [2.45, 2.75) is 13.0 Å². The molecule has 0 saturated carbocycles. The summed E-state index contributed by atoms with van der Waals surface area (Å²) in [6.07, 6.45) is -0.967. The highest BCUT2D eigenvalue weighted by Gasteiger charge is 2.19. The fraction of sp³-hybridized carbons (Fsp3) is 0.130. The lowest BCUT2D eigenvalue weighted by Crippen LogP contribution is -2.30. The van der Waals surface area contributed by atoms with Crippen molar-refractivity contribution in [1.82, 2.24) is 0 Å². The number of carbonyl (C=O) groups excluding carboxylic acids is 2. The number of hydrogen-bond acceptors (Lipinski definition) is 5. The third kappa shape index (κ3) is 5.13. The predicted octanol–water partition coefficient (Wildman–Crippen LogP) is 4.25. The van der Waals surface area contributed by atoms with Crippen molar-refractivity contribution in [2.75, 3.05) is 12.4 Å². The van der Waals surface area contributed by atoms with Crippen molar-refractivity contribution in [3.63, 3.8) is 0 Å². The Hall–Kier alpha value is -3.80. The van der Waals surface area contributed by atoms with E-state index >= 15 is 0 Å². The largest absolute Gasteiger partial charge is 0.508 e. The van der Waals surface area contributed by atoms with E-state index in [4.69, 9.17) is 9.47 Å². The minimum Gasteiger partial charge on any atom is -0.508 e. The van der Waals surface area contributed by atoms with Gasteiger partial charge in [0.05, 0.1) is 12.7 Å². The highest BCUT2D eigenvalue weighted by molar-refractivity contribution is 5.97. The first-order chi connectivity index (χ1) is 14.0. The summed E-state index contributed by atoms with van der Waals surface area (Å²) in [5.41, 5.74) is 2.70. The highest BCUT2D eigenvalue weighted by Crippen LogP contribution is 2.22. The fourth-order valence-corrected chi connectivity index (χ4v) is 2.68. The average Bonchev–Trinajstić information content (AvgIpc) is 2.74. The number of esters is 1. The van der Waals surface area contributed by atoms with Crippen LogP contribution in [0, 0.1) is 0 Å². The topological polar surface area (TPSA) is 84.9 Å². The quantitative estimate of drug-likeness (QED) is 0.614. The summed E-state index contributed by atoms with van der Waals surface area (Å²) < 4.78 is 10.4. The van der Waals surface area contributed by atoms with Crippen LogP contribution >= 0.6 is 0 Å². The second-order valence-corrected chi connectivity index (χ2v) is 6.39. The second-order valence-electron chi connectivity index (χ2n) is 6.39. The van der Waals surface area contributed by atoms with Gasteiger partial charge in [0.25, 0.3) is 5.91 Å². The maximum absolute atomic E-state index is 12.3. The van der Waals surface area contributed by atoms with Gasteiger partial charge in [-0.25, -0.2) is 4.79 Å². The first-order valence-corrected chi connectivity index (χ1v) is 9.01. The molecule has 0 aliphatic heterocycles. The summed E-state index contributed by atoms with van der Waals surface area (Å²) in [6, 6.07) is 20.5. The number of nitrogens with one attached hydrogen (secondary N) is 1. The molecule has 148 valence electrons. The third-order valence-electron chi connectivity index (χ3n) is 4.31. The molecule has 0 unspecified atom stereocenters. The van der Waals surface area contributed by atoms with E-state index in [-0.39, 0.29) is 5.75 Å². The lowest BCUT2D eigenvalue weighted by molar-refractivity contribution is -0.123. The van der Waals surface area contributed by atoms with E-state index in [1.807, 2.05) is 0 Å². The molecule has 3 aromatic rings. The minimum atomic E-state index is -0.967. The summed E-state index contributed by atoms with van der Waals surface area (Å²) in [7, 11) is 1.54. The molecule has 0 saturated heterocycles. The normalized spacial score (nSPS) is 11.4. The number of aromatic hydroxyl groups is 1. The Kier molecular flexibility index (Phi) is 6.14. The number of anilines is 1. The van der Waals surface area contributed by atoms with E-state index in [0.717, 1.165) is 11.1 Å². The van der Waals surface area contributed by atoms with Crippen molar-refractivity contribution < 1.29 is 24.2 Å². The van der Waals surface area contributed by atoms with Gasteiger partial charge in [-0.1, -0.05) is 30.3 Å². The molecule has 6 heteroatoms. The third-order valence-corrected chi connectivity index (χ3v) is 4.31. The number of phenols is 1. The van der Waals surface area contributed by atoms with Gasteiger partial charge in [0.1, 0.15) is 11.5 Å². The Morgan fingerprint density at radius 1 is 0.931 bits per heavy atom. The Morgan fingerprint density at radius 2 is 1.55 bits per heavy atom. The molecule has 0 aliphatic carbocycles. The molecule has 3 aromatic carbocycles. The molecule has 0 heterocycles. The van der Waals surface area contributed by atoms with E-state index < -0.39 is 18.0 Å². The predicted molar refractivity (Wildman–Crippen MR) is 110 cm³/mol. The van der Waals surface area contributed by atoms with Crippen LogP contribution in [0.4, 0.5) is 5.69 Å². The Balaban J connectivity index is 1.61. The fourth-order valence-electron chi connectivity index (χ4n) is 2.68. The molecule has 0 aromatic heterocycles. The SMILES string of the molecule is COc1cccc(NC(=O)[C@H](C)OC(=O)c2ccc(-c3ccc(O)cc3)cc2)c1. The number of phenolic OH excluding ortho intramolecular Hbond substituents is 1. The zero-order valence-corrected chi connectivity index (χ0v) is 16.1. The van der Waals surface area contributed by atoms with Crippen LogP contribution in [0.15, 0.2) is 72.8 Å². The molecular formula is C23H21NO5. The van der Waals surface area contributed by atoms with E-state index in [2.05, 4.69) is 5.32 Å². The van der Waals surface area contributed by atoms with E-state index in [9.17, 15) is 14.7 Å². The lowest BCUT2D eigenvalue weighted by Gasteiger charge is -2.14. The van der Waals surface area contributed by atoms with Gasteiger partial charge in [-0.2, -0.15) is 0 Å². The van der Waals surface area contributed by atoms with Gasteiger partial charge in [-0.3, -0.25) is 4.79 Å². The summed E-state index contributed by atoms with van der Waals surface area (Å²) >= 11 is 0. The van der Waals surface area contributed by atoms with Crippen LogP contribution in [-0.4, -0.2) is 30.2 Å². The summed E-state index contributed by atoms with van der Waals surface area (Å²) in [4.78, 5) is 24.6. The molecule has 1 amide bonds. The maximum atomic E-state index is 12.3. The van der Waals surface area contributed by atoms with Crippen LogP contribution in [0.2, 0.25) is 0 Å². The second kappa shape index (κ2) is 8.93. The first kappa shape index (κ1) is 19.9. The summed E-state index contributed by atoms with van der Waals surface area (Å²) in [6.45, 7) is 1.51. The van der Waals surface area contributed by atoms with Gasteiger partial charge in [-0.15, -0.1) is 0 Å². The van der Waals surface area contributed by atoms with Crippen LogP contribution < -0.4 is 10.1 Å². The molecule has 2 N–H and O–H groups in total. The van der Waals surface area contributed by atoms with Crippen LogP contribution in [-0.2, 0) is 9.53 Å². The molecule has 0 spiro atoms. The Morgan fingerprint density at radius 3 is 2.17 bits per heavy atom. The van der Waals surface area contributed by atoms with Gasteiger partial charge in [-0.05, 0) is 54.4 Å². The molecule has 29 heavy (non-hydrogen) atoms. The van der Waals surface area contributed by atoms with Gasteiger partial charge in [0.15, 0.2) is 6.10 Å². The van der Waals surface area contributed by atoms with Gasteiger partial charge in [0, 0.05) is 11.8 Å². The van der Waals surface area contributed by atoms with Crippen LogP contribution in [0.1, 0.15) is 17.3 Å². The molecule has 0 radical (unpaired) electrons. The van der Waals surface area contributed by atoms with E-state index in [1.54, 1.807) is 72.8 Å². The molecule has 6 nitrogen and oxygen atoms in total. The van der Waals surface area contributed by atoms with Crippen LogP contribution in [0.5, 0.6) is 11.5 Å². The van der Waals surface area contributed by atoms with E-state index in [1.165, 1.54) is 14.0 Å². The number of hydrogen-bond donors (Lipinski definition) is 2. The number of carbonyl (C=O) groups is 2. The van der Waals surface area contributed by atoms with Gasteiger partial charge < -0.3 is 19.9 Å². The van der Waals surface area contributed by atoms with Crippen molar-refractivity contribution in [1.29, 1.82) is 0 Å². The van der Waals surface area contributed by atoms with Crippen molar-refractivity contribution in [2.24, 2.45) is 0 Å². The average molecular weight is 391 g/mol. The van der Waals surface area contributed by atoms with Crippen molar-refractivity contribution in [3.8, 4) is 22.6 Å². The molecular weight excluding hydrogens is 370 g/mol. The van der Waals surface area contributed by atoms with Crippen LogP contribution in [0.3, 0.4) is 0 Å². The molecule has 3 rings (SSSR count). The number of ether oxygens (including phenoxy) is 2. The highest BCUT2D eigenvalue weighted by atomic mass is 16.5. The number of amides is 1. The monoisotopic (exact) mass is 391 g/mol. The summed E-state index contributed by atoms with van der Waals surface area (Å²) in [5, 5.41) is 12.1. The molecule has 0 aliphatic rings. The van der Waals surface area contributed by atoms with Crippen molar-refractivity contribution >= 4 is 17.6 Å². The number of methoxy groups -OCH3 is 1. The molecule has 0 bridgehead atoms. The Labute approximate surface area is 168 Å². The summed E-state index contributed by atoms with van der Waals surface area (Å²) in [5.74, 6) is -0.223. The smallest absolute Gasteiger partial charge is 0.338 e. The number of rotatable bonds is 6. The van der Waals surface area contributed by atoms with E-state index in [0.29, 0.717) is 17.0 Å². The lowest BCUT2D eigenvalue weighted by atomic mass is 10.0. The standard InChI is InChI=1S/C23H21NO5/c1-15(22(26)24-19-4-3-5-21(14-19)28-2)29-23(27)18-8-6-16(7-9-18)17-10-12-20(25)13-11-17/h3-15,25H,1-2H3,(H,24,26)/t15-/m0/s1. The zero-order chi connectivity index (χ0) is 20.8. The molecule has 1 atom stereocenters. The Bertz CT molecular complexity index is 997.